The third-order valence-electron chi connectivity index (χ3n) is 4.08. The highest BCUT2D eigenvalue weighted by Crippen LogP contribution is 2.36. The van der Waals surface area contributed by atoms with Crippen LogP contribution < -0.4 is 14.7 Å². The summed E-state index contributed by atoms with van der Waals surface area (Å²) in [5.74, 6) is 0.157. The fourth-order valence-corrected chi connectivity index (χ4v) is 4.10. The summed E-state index contributed by atoms with van der Waals surface area (Å²) in [4.78, 5) is 7.11. The van der Waals surface area contributed by atoms with Gasteiger partial charge in [-0.1, -0.05) is 17.9 Å². The molecule has 0 bridgehead atoms. The molecular weight excluding hydrogens is 322 g/mol. The molecule has 0 fully saturated rings. The number of ether oxygens (including phenoxy) is 1. The Kier molecular flexibility index (Phi) is 4.84. The first kappa shape index (κ1) is 16.5. The van der Waals surface area contributed by atoms with Crippen molar-refractivity contribution in [1.29, 1.82) is 5.26 Å². The Bertz CT molecular complexity index is 820. The van der Waals surface area contributed by atoms with Gasteiger partial charge in [-0.15, -0.1) is 11.3 Å². The first-order chi connectivity index (χ1) is 11.6. The van der Waals surface area contributed by atoms with Gasteiger partial charge in [0.05, 0.1) is 30.6 Å². The van der Waals surface area contributed by atoms with E-state index in [0.717, 1.165) is 25.1 Å². The molecule has 0 saturated carbocycles. The van der Waals surface area contributed by atoms with Crippen LogP contribution in [0.15, 0.2) is 23.2 Å². The number of benzene rings is 1. The summed E-state index contributed by atoms with van der Waals surface area (Å²) < 4.78 is 5.33. The number of nitriles is 1. The van der Waals surface area contributed by atoms with Crippen molar-refractivity contribution < 1.29 is 14.7 Å². The smallest absolute Gasteiger partial charge is 0.134 e. The fraction of sp³-hybridized carbons (Fsp3) is 0.333. The Morgan fingerprint density at radius 1 is 1.50 bits per heavy atom. The number of nitrogens with one attached hydrogen (secondary N) is 1. The quantitative estimate of drug-likeness (QED) is 0.855. The lowest BCUT2D eigenvalue weighted by atomic mass is 10.0. The molecule has 3 rings (SSSR count). The van der Waals surface area contributed by atoms with Crippen molar-refractivity contribution in [3.63, 3.8) is 0 Å². The molecule has 0 amide bonds. The largest absolute Gasteiger partial charge is 0.870 e. The number of quaternary nitrogens is 1. The lowest BCUT2D eigenvalue weighted by Gasteiger charge is -2.18. The Morgan fingerprint density at radius 2 is 2.33 bits per heavy atom. The summed E-state index contributed by atoms with van der Waals surface area (Å²) in [7, 11) is 2.15. The van der Waals surface area contributed by atoms with Gasteiger partial charge in [-0.25, -0.2) is 4.99 Å². The van der Waals surface area contributed by atoms with Crippen LogP contribution in [0.2, 0.25) is 0 Å². The standard InChI is InChI=1S/C18H19N3O2S/c1-3-23-15-6-4-5-12(17(15)22)10-20-18-14(9-19)13-7-8-21(2)11-16(13)24-18/h4-6,10,22H,3,7-8,11H2,1-2H3. The van der Waals surface area contributed by atoms with Crippen LogP contribution in [0, 0.1) is 11.3 Å². The van der Waals surface area contributed by atoms with Crippen molar-refractivity contribution in [2.75, 3.05) is 20.2 Å². The summed E-state index contributed by atoms with van der Waals surface area (Å²) in [6.07, 6.45) is 2.45. The van der Waals surface area contributed by atoms with Crippen LogP contribution in [0.3, 0.4) is 0 Å². The molecule has 1 unspecified atom stereocenters. The van der Waals surface area contributed by atoms with E-state index in [-0.39, 0.29) is 5.75 Å². The van der Waals surface area contributed by atoms with Crippen molar-refractivity contribution in [3.8, 4) is 17.6 Å². The zero-order valence-corrected chi connectivity index (χ0v) is 14.6. The number of nitrogens with zero attached hydrogens (tertiary/aromatic N) is 2. The zero-order chi connectivity index (χ0) is 17.1. The van der Waals surface area contributed by atoms with Gasteiger partial charge in [-0.2, -0.15) is 5.26 Å². The predicted molar refractivity (Wildman–Crippen MR) is 92.5 cm³/mol. The molecule has 0 aliphatic carbocycles. The normalized spacial score (nSPS) is 16.8. The van der Waals surface area contributed by atoms with E-state index in [0.29, 0.717) is 28.5 Å². The second-order valence-electron chi connectivity index (χ2n) is 5.80. The van der Waals surface area contributed by atoms with Crippen LogP contribution in [0.1, 0.15) is 28.5 Å². The Morgan fingerprint density at radius 3 is 3.08 bits per heavy atom. The van der Waals surface area contributed by atoms with E-state index in [1.54, 1.807) is 35.8 Å². The second kappa shape index (κ2) is 7.04. The Balaban J connectivity index is 1.93. The number of rotatable bonds is 4. The molecule has 0 saturated heterocycles. The first-order valence-corrected chi connectivity index (χ1v) is 8.78. The summed E-state index contributed by atoms with van der Waals surface area (Å²) in [5, 5.41) is 22.5. The summed E-state index contributed by atoms with van der Waals surface area (Å²) in [5.41, 5.74) is 2.26. The number of likely N-dealkylation sites (N-methyl/N-ethyl adjacent to an activating group) is 1. The van der Waals surface area contributed by atoms with E-state index in [9.17, 15) is 10.4 Å². The summed E-state index contributed by atoms with van der Waals surface area (Å²) >= 11 is 1.56. The van der Waals surface area contributed by atoms with E-state index in [4.69, 9.17) is 4.74 Å². The molecule has 6 heteroatoms. The van der Waals surface area contributed by atoms with Crippen molar-refractivity contribution >= 4 is 22.6 Å². The number of thiophene rings is 1. The molecular formula is C18H19N3O2S. The minimum Gasteiger partial charge on any atom is -0.870 e. The fourth-order valence-electron chi connectivity index (χ4n) is 2.84. The summed E-state index contributed by atoms with van der Waals surface area (Å²) in [6, 6.07) is 7.43. The van der Waals surface area contributed by atoms with Gasteiger partial charge in [-0.05, 0) is 24.1 Å². The van der Waals surface area contributed by atoms with E-state index >= 15 is 0 Å². The molecule has 5 nitrogen and oxygen atoms in total. The maximum Gasteiger partial charge on any atom is 0.134 e. The maximum absolute atomic E-state index is 12.3. The molecule has 1 aliphatic heterocycles. The first-order valence-electron chi connectivity index (χ1n) is 7.96. The number of para-hydroxylation sites is 1. The van der Waals surface area contributed by atoms with Crippen LogP contribution in [-0.4, -0.2) is 26.4 Å². The Labute approximate surface area is 145 Å². The second-order valence-corrected chi connectivity index (χ2v) is 6.88. The van der Waals surface area contributed by atoms with Crippen LogP contribution in [0.4, 0.5) is 5.00 Å². The van der Waals surface area contributed by atoms with E-state index < -0.39 is 0 Å². The molecule has 124 valence electrons. The number of hydrogen-bond acceptors (Lipinski definition) is 5. The van der Waals surface area contributed by atoms with Crippen molar-refractivity contribution in [1.82, 2.24) is 0 Å². The van der Waals surface area contributed by atoms with Gasteiger partial charge in [0.25, 0.3) is 0 Å². The molecule has 2 heterocycles. The van der Waals surface area contributed by atoms with Gasteiger partial charge in [0, 0.05) is 12.6 Å². The van der Waals surface area contributed by atoms with Crippen molar-refractivity contribution in [2.24, 2.45) is 4.99 Å². The molecule has 0 spiro atoms. The zero-order valence-electron chi connectivity index (χ0n) is 13.8. The van der Waals surface area contributed by atoms with Crippen molar-refractivity contribution in [3.05, 3.63) is 39.8 Å². The van der Waals surface area contributed by atoms with Crippen LogP contribution >= 0.6 is 11.3 Å². The molecule has 1 aromatic carbocycles. The van der Waals surface area contributed by atoms with Gasteiger partial charge in [-0.3, -0.25) is 0 Å². The monoisotopic (exact) mass is 341 g/mol. The minimum absolute atomic E-state index is 0.174. The van der Waals surface area contributed by atoms with Crippen LogP contribution in [0.5, 0.6) is 11.5 Å². The summed E-state index contributed by atoms with van der Waals surface area (Å²) in [6.45, 7) is 4.25. The minimum atomic E-state index is -0.174. The third kappa shape index (κ3) is 3.14. The van der Waals surface area contributed by atoms with Crippen molar-refractivity contribution in [2.45, 2.75) is 19.9 Å². The molecule has 0 radical (unpaired) electrons. The Hall–Kier alpha value is -2.36. The number of fused-ring (bicyclic) bond motifs is 1. The molecule has 2 aromatic rings. The third-order valence-corrected chi connectivity index (χ3v) is 5.22. The predicted octanol–water partition coefficient (Wildman–Crippen LogP) is 1.41. The highest BCUT2D eigenvalue weighted by molar-refractivity contribution is 7.16. The van der Waals surface area contributed by atoms with Gasteiger partial charge in [0.15, 0.2) is 0 Å². The van der Waals surface area contributed by atoms with Crippen LogP contribution in [-0.2, 0) is 13.0 Å². The van der Waals surface area contributed by atoms with E-state index in [1.165, 1.54) is 9.78 Å². The topological polar surface area (TPSA) is 72.9 Å². The average Bonchev–Trinajstić information content (AvgIpc) is 2.92. The molecule has 1 aromatic heterocycles. The van der Waals surface area contributed by atoms with Gasteiger partial charge >= 0.3 is 0 Å². The van der Waals surface area contributed by atoms with Gasteiger partial charge in [0.1, 0.15) is 23.4 Å². The lowest BCUT2D eigenvalue weighted by molar-refractivity contribution is -0.895. The molecule has 1 aliphatic rings. The molecule has 1 N–H and O–H groups in total. The number of aliphatic imine (C=N–C) groups is 1. The van der Waals surface area contributed by atoms with E-state index in [2.05, 4.69) is 18.1 Å². The molecule has 24 heavy (non-hydrogen) atoms. The molecule has 1 atom stereocenters. The van der Waals surface area contributed by atoms with Gasteiger partial charge in [0.2, 0.25) is 0 Å². The average molecular weight is 341 g/mol. The number of hydrogen-bond donors (Lipinski definition) is 1. The maximum atomic E-state index is 12.3. The van der Waals surface area contributed by atoms with Crippen LogP contribution in [0.25, 0.3) is 0 Å². The lowest BCUT2D eigenvalue weighted by Crippen LogP contribution is -3.08. The highest BCUT2D eigenvalue weighted by Gasteiger charge is 2.24. The highest BCUT2D eigenvalue weighted by atomic mass is 32.1. The van der Waals surface area contributed by atoms with Gasteiger partial charge < -0.3 is 14.7 Å². The SMILES string of the molecule is CCOc1cccc(C=Nc2sc3c(c2C#N)CC[NH+](C)C3)c1[O-]. The van der Waals surface area contributed by atoms with E-state index in [1.807, 2.05) is 6.92 Å².